The van der Waals surface area contributed by atoms with Gasteiger partial charge in [-0.2, -0.15) is 0 Å². The van der Waals surface area contributed by atoms with E-state index in [9.17, 15) is 9.18 Å². The zero-order valence-corrected chi connectivity index (χ0v) is 7.91. The van der Waals surface area contributed by atoms with Crippen LogP contribution in [-0.4, -0.2) is 5.78 Å². The topological polar surface area (TPSA) is 17.1 Å². The van der Waals surface area contributed by atoms with Crippen molar-refractivity contribution in [3.05, 3.63) is 53.9 Å². The van der Waals surface area contributed by atoms with E-state index in [1.54, 1.807) is 30.4 Å². The number of rotatable bonds is 3. The average Bonchev–Trinajstić information content (AvgIpc) is 2.15. The van der Waals surface area contributed by atoms with Gasteiger partial charge in [-0.05, 0) is 30.7 Å². The van der Waals surface area contributed by atoms with Crippen LogP contribution in [0.15, 0.2) is 42.5 Å². The number of hydrogen-bond donors (Lipinski definition) is 0. The minimum atomic E-state index is -0.249. The molecule has 0 saturated carbocycles. The second kappa shape index (κ2) is 5.12. The second-order valence-electron chi connectivity index (χ2n) is 2.88. The molecule has 0 atom stereocenters. The normalized spacial score (nSPS) is 11.3. The molecule has 0 spiro atoms. The van der Waals surface area contributed by atoms with Crippen LogP contribution in [0.5, 0.6) is 0 Å². The molecule has 0 saturated heterocycles. The Morgan fingerprint density at radius 2 is 1.86 bits per heavy atom. The zero-order valence-electron chi connectivity index (χ0n) is 7.91. The van der Waals surface area contributed by atoms with Crippen LogP contribution in [0.2, 0.25) is 0 Å². The second-order valence-corrected chi connectivity index (χ2v) is 2.88. The van der Waals surface area contributed by atoms with Crippen molar-refractivity contribution in [2.45, 2.75) is 6.92 Å². The first-order valence-corrected chi connectivity index (χ1v) is 4.29. The number of halogens is 1. The molecule has 0 aliphatic heterocycles. The summed E-state index contributed by atoms with van der Waals surface area (Å²) >= 11 is 0. The van der Waals surface area contributed by atoms with E-state index in [-0.39, 0.29) is 11.6 Å². The van der Waals surface area contributed by atoms with Crippen molar-refractivity contribution < 1.29 is 9.18 Å². The fourth-order valence-electron chi connectivity index (χ4n) is 0.932. The Bertz CT molecular complexity index is 360. The maximum Gasteiger partial charge on any atom is 0.152 e. The lowest BCUT2D eigenvalue weighted by atomic mass is 10.2. The van der Waals surface area contributed by atoms with Crippen molar-refractivity contribution in [3.63, 3.8) is 0 Å². The van der Waals surface area contributed by atoms with Crippen LogP contribution < -0.4 is 0 Å². The first-order valence-electron chi connectivity index (χ1n) is 4.29. The summed E-state index contributed by atoms with van der Waals surface area (Å²) in [5.74, 6) is -0.241. The first kappa shape index (κ1) is 10.4. The van der Waals surface area contributed by atoms with Crippen molar-refractivity contribution in [3.8, 4) is 0 Å². The van der Waals surface area contributed by atoms with E-state index >= 15 is 0 Å². The Hall–Kier alpha value is -1.70. The first-order chi connectivity index (χ1) is 6.68. The molecule has 0 bridgehead atoms. The predicted octanol–water partition coefficient (Wildman–Crippen LogP) is 2.98. The van der Waals surface area contributed by atoms with Crippen LogP contribution in [0.25, 0.3) is 6.08 Å². The van der Waals surface area contributed by atoms with Crippen molar-refractivity contribution in [1.29, 1.82) is 0 Å². The molecule has 0 heterocycles. The molecule has 0 aliphatic rings. The van der Waals surface area contributed by atoms with Crippen molar-refractivity contribution in [2.24, 2.45) is 0 Å². The molecule has 72 valence electrons. The molecule has 0 radical (unpaired) electrons. The summed E-state index contributed by atoms with van der Waals surface area (Å²) in [7, 11) is 0. The van der Waals surface area contributed by atoms with Gasteiger partial charge in [0.2, 0.25) is 0 Å². The van der Waals surface area contributed by atoms with E-state index in [4.69, 9.17) is 0 Å². The van der Waals surface area contributed by atoms with Gasteiger partial charge in [0, 0.05) is 0 Å². The van der Waals surface area contributed by atoms with E-state index in [0.717, 1.165) is 5.56 Å². The maximum absolute atomic E-state index is 12.5. The number of carbonyl (C=O) groups excluding carboxylic acids is 1. The Morgan fingerprint density at radius 3 is 2.43 bits per heavy atom. The summed E-state index contributed by atoms with van der Waals surface area (Å²) in [6.07, 6.45) is 6.68. The molecule has 0 aliphatic carbocycles. The highest BCUT2D eigenvalue weighted by Gasteiger charge is 1.87. The lowest BCUT2D eigenvalue weighted by Crippen LogP contribution is -1.77. The van der Waals surface area contributed by atoms with Crippen molar-refractivity contribution >= 4 is 11.9 Å². The van der Waals surface area contributed by atoms with Crippen LogP contribution in [0.1, 0.15) is 12.5 Å². The predicted molar refractivity (Wildman–Crippen MR) is 55.3 cm³/mol. The Morgan fingerprint density at radius 1 is 1.21 bits per heavy atom. The Kier molecular flexibility index (Phi) is 3.80. The van der Waals surface area contributed by atoms with E-state index in [1.165, 1.54) is 25.1 Å². The summed E-state index contributed by atoms with van der Waals surface area (Å²) in [5.41, 5.74) is 0.902. The van der Waals surface area contributed by atoms with Crippen LogP contribution in [0, 0.1) is 5.82 Å². The van der Waals surface area contributed by atoms with E-state index in [0.29, 0.717) is 0 Å². The van der Waals surface area contributed by atoms with Gasteiger partial charge in [-0.3, -0.25) is 4.79 Å². The smallest absolute Gasteiger partial charge is 0.152 e. The van der Waals surface area contributed by atoms with Crippen LogP contribution in [-0.2, 0) is 4.79 Å². The molecule has 0 fully saturated rings. The van der Waals surface area contributed by atoms with Crippen molar-refractivity contribution in [1.82, 2.24) is 0 Å². The highest BCUT2D eigenvalue weighted by Crippen LogP contribution is 2.04. The third kappa shape index (κ3) is 3.81. The summed E-state index contributed by atoms with van der Waals surface area (Å²) < 4.78 is 12.5. The van der Waals surface area contributed by atoms with Gasteiger partial charge in [0.15, 0.2) is 5.78 Å². The molecule has 0 unspecified atom stereocenters. The molecular formula is C12H11FO. The quantitative estimate of drug-likeness (QED) is 0.529. The van der Waals surface area contributed by atoms with E-state index in [1.807, 2.05) is 0 Å². The van der Waals surface area contributed by atoms with Crippen LogP contribution in [0.3, 0.4) is 0 Å². The lowest BCUT2D eigenvalue weighted by Gasteiger charge is -1.90. The Labute approximate surface area is 82.6 Å². The van der Waals surface area contributed by atoms with Gasteiger partial charge in [0.05, 0.1) is 0 Å². The van der Waals surface area contributed by atoms with E-state index < -0.39 is 0 Å². The lowest BCUT2D eigenvalue weighted by molar-refractivity contribution is -0.112. The number of carbonyl (C=O) groups is 1. The van der Waals surface area contributed by atoms with Gasteiger partial charge in [-0.25, -0.2) is 4.39 Å². The van der Waals surface area contributed by atoms with Gasteiger partial charge in [0.25, 0.3) is 0 Å². The highest BCUT2D eigenvalue weighted by molar-refractivity contribution is 5.87. The average molecular weight is 190 g/mol. The van der Waals surface area contributed by atoms with Gasteiger partial charge in [-0.15, -0.1) is 0 Å². The fourth-order valence-corrected chi connectivity index (χ4v) is 0.932. The Balaban J connectivity index is 2.60. The molecule has 0 amide bonds. The number of hydrogen-bond acceptors (Lipinski definition) is 1. The summed E-state index contributed by atoms with van der Waals surface area (Å²) in [4.78, 5) is 10.5. The molecule has 1 aromatic rings. The molecule has 1 aromatic carbocycles. The molecular weight excluding hydrogens is 179 g/mol. The monoisotopic (exact) mass is 190 g/mol. The fraction of sp³-hybridized carbons (Fsp3) is 0.0833. The van der Waals surface area contributed by atoms with Gasteiger partial charge < -0.3 is 0 Å². The molecule has 14 heavy (non-hydrogen) atoms. The summed E-state index contributed by atoms with van der Waals surface area (Å²) in [6, 6.07) is 6.14. The molecule has 1 nitrogen and oxygen atoms in total. The van der Waals surface area contributed by atoms with Gasteiger partial charge >= 0.3 is 0 Å². The molecule has 1 rings (SSSR count). The van der Waals surface area contributed by atoms with Crippen molar-refractivity contribution in [2.75, 3.05) is 0 Å². The minimum absolute atomic E-state index is 0.00811. The van der Waals surface area contributed by atoms with Crippen LogP contribution in [0.4, 0.5) is 4.39 Å². The zero-order chi connectivity index (χ0) is 10.4. The highest BCUT2D eigenvalue weighted by atomic mass is 19.1. The number of ketones is 1. The molecule has 0 aromatic heterocycles. The minimum Gasteiger partial charge on any atom is -0.295 e. The largest absolute Gasteiger partial charge is 0.295 e. The third-order valence-corrected chi connectivity index (χ3v) is 1.60. The van der Waals surface area contributed by atoms with Gasteiger partial charge in [-0.1, -0.05) is 30.4 Å². The van der Waals surface area contributed by atoms with E-state index in [2.05, 4.69) is 0 Å². The number of allylic oxidation sites excluding steroid dienone is 3. The molecule has 0 N–H and O–H groups in total. The standard InChI is InChI=1S/C12H11FO/c1-10(14)4-2-3-5-11-6-8-12(13)9-7-11/h2-9H,1H3/b4-2+,5-3+. The number of benzene rings is 1. The molecule has 2 heteroatoms. The SMILES string of the molecule is CC(=O)/C=C/C=C/c1ccc(F)cc1. The summed E-state index contributed by atoms with van der Waals surface area (Å²) in [5, 5.41) is 0. The third-order valence-electron chi connectivity index (χ3n) is 1.60. The van der Waals surface area contributed by atoms with Gasteiger partial charge in [0.1, 0.15) is 5.82 Å². The van der Waals surface area contributed by atoms with Crippen LogP contribution >= 0.6 is 0 Å². The maximum atomic E-state index is 12.5. The summed E-state index contributed by atoms with van der Waals surface area (Å²) in [6.45, 7) is 1.49.